The minimum atomic E-state index is 1.07. The average Bonchev–Trinajstić information content (AvgIpc) is 2.43. The third-order valence-corrected chi connectivity index (χ3v) is 2.68. The van der Waals surface area contributed by atoms with Gasteiger partial charge >= 0.3 is 0 Å². The number of rotatable bonds is 5. The summed E-state index contributed by atoms with van der Waals surface area (Å²) in [6.45, 7) is 18.6. The molecule has 0 unspecified atom stereocenters. The zero-order valence-corrected chi connectivity index (χ0v) is 13.3. The summed E-state index contributed by atoms with van der Waals surface area (Å²) in [4.78, 5) is 0. The van der Waals surface area contributed by atoms with Gasteiger partial charge in [-0.25, -0.2) is 0 Å². The molecule has 0 aliphatic heterocycles. The summed E-state index contributed by atoms with van der Waals surface area (Å²) in [5.41, 5.74) is 4.93. The van der Waals surface area contributed by atoms with Crippen LogP contribution in [0.25, 0.3) is 0 Å². The van der Waals surface area contributed by atoms with Gasteiger partial charge in [0.2, 0.25) is 0 Å². The summed E-state index contributed by atoms with van der Waals surface area (Å²) in [7, 11) is 0. The fourth-order valence-electron chi connectivity index (χ4n) is 0.952. The number of hydrogen-bond donors (Lipinski definition) is 0. The van der Waals surface area contributed by atoms with Crippen molar-refractivity contribution in [3.8, 4) is 0 Å². The first-order chi connectivity index (χ1) is 8.51. The van der Waals surface area contributed by atoms with Gasteiger partial charge in [0.25, 0.3) is 0 Å². The molecule has 18 heavy (non-hydrogen) atoms. The second-order valence-electron chi connectivity index (χ2n) is 4.11. The van der Waals surface area contributed by atoms with Crippen LogP contribution in [0.1, 0.15) is 54.9 Å². The molecule has 0 saturated carbocycles. The van der Waals surface area contributed by atoms with Crippen LogP contribution in [0.3, 0.4) is 0 Å². The lowest BCUT2D eigenvalue weighted by molar-refractivity contribution is 1.10. The van der Waals surface area contributed by atoms with Crippen LogP contribution in [0.2, 0.25) is 0 Å². The third-order valence-electron chi connectivity index (χ3n) is 2.68. The van der Waals surface area contributed by atoms with Crippen molar-refractivity contribution >= 4 is 0 Å². The number of hydrogen-bond acceptors (Lipinski definition) is 0. The van der Waals surface area contributed by atoms with Crippen molar-refractivity contribution in [2.75, 3.05) is 0 Å². The van der Waals surface area contributed by atoms with Gasteiger partial charge in [-0.3, -0.25) is 0 Å². The van der Waals surface area contributed by atoms with E-state index in [1.807, 2.05) is 20.8 Å². The lowest BCUT2D eigenvalue weighted by Gasteiger charge is -1.99. The van der Waals surface area contributed by atoms with E-state index in [1.54, 1.807) is 0 Å². The average molecular weight is 246 g/mol. The van der Waals surface area contributed by atoms with Gasteiger partial charge in [0.15, 0.2) is 0 Å². The maximum Gasteiger partial charge on any atom is -0.0299 e. The van der Waals surface area contributed by atoms with Crippen molar-refractivity contribution in [1.82, 2.24) is 0 Å². The molecule has 0 fully saturated rings. The lowest BCUT2D eigenvalue weighted by atomic mass is 10.1. The Balaban J connectivity index is 0. The van der Waals surface area contributed by atoms with Gasteiger partial charge in [0.05, 0.1) is 0 Å². The van der Waals surface area contributed by atoms with Gasteiger partial charge < -0.3 is 0 Å². The first kappa shape index (κ1) is 19.0. The molecule has 0 atom stereocenters. The van der Waals surface area contributed by atoms with E-state index in [0.717, 1.165) is 12.0 Å². The summed E-state index contributed by atoms with van der Waals surface area (Å²) in [6.07, 6.45) is 11.6. The predicted molar refractivity (Wildman–Crippen MR) is 86.9 cm³/mol. The molecule has 0 aromatic carbocycles. The second-order valence-corrected chi connectivity index (χ2v) is 4.11. The van der Waals surface area contributed by atoms with Crippen molar-refractivity contribution in [2.24, 2.45) is 0 Å². The van der Waals surface area contributed by atoms with Crippen LogP contribution in [0, 0.1) is 0 Å². The molecule has 0 heteroatoms. The van der Waals surface area contributed by atoms with Crippen molar-refractivity contribution in [2.45, 2.75) is 54.9 Å². The fraction of sp³-hybridized carbons (Fsp3) is 0.444. The summed E-state index contributed by atoms with van der Waals surface area (Å²) >= 11 is 0. The summed E-state index contributed by atoms with van der Waals surface area (Å²) in [5, 5.41) is 0. The van der Waals surface area contributed by atoms with Gasteiger partial charge in [-0.1, -0.05) is 68.9 Å². The molecular formula is C18H30. The lowest BCUT2D eigenvalue weighted by Crippen LogP contribution is -1.79. The minimum Gasteiger partial charge on any atom is -0.0915 e. The molecule has 0 nitrogen and oxygen atoms in total. The van der Waals surface area contributed by atoms with Crippen molar-refractivity contribution in [3.63, 3.8) is 0 Å². The van der Waals surface area contributed by atoms with Crippen LogP contribution in [-0.2, 0) is 0 Å². The topological polar surface area (TPSA) is 0 Å². The second kappa shape index (κ2) is 12.2. The maximum absolute atomic E-state index is 4.05. The van der Waals surface area contributed by atoms with E-state index in [-0.39, 0.29) is 0 Å². The Morgan fingerprint density at radius 1 is 1.00 bits per heavy atom. The van der Waals surface area contributed by atoms with Gasteiger partial charge in [0, 0.05) is 0 Å². The zero-order valence-electron chi connectivity index (χ0n) is 13.3. The molecule has 0 saturated heterocycles. The van der Waals surface area contributed by atoms with Crippen LogP contribution in [0.15, 0.2) is 59.3 Å². The molecule has 0 bridgehead atoms. The maximum atomic E-state index is 4.05. The standard InChI is InChI=1S/C16H24.C2H6/c1-7-13(3)9-11-15(5)16(6)12-10-14(4)8-2;1-2/h7,9-12H,5,8H2,1-4,6H3;1-2H3/b11-9-,13-7-,14-10-,16-12+;. The Bertz CT molecular complexity index is 346. The highest BCUT2D eigenvalue weighted by molar-refractivity contribution is 5.40. The molecule has 0 N–H and O–H groups in total. The van der Waals surface area contributed by atoms with Gasteiger partial charge in [-0.05, 0) is 45.3 Å². The summed E-state index contributed by atoms with van der Waals surface area (Å²) in [6, 6.07) is 0. The van der Waals surface area contributed by atoms with Crippen LogP contribution < -0.4 is 0 Å². The highest BCUT2D eigenvalue weighted by Gasteiger charge is 1.91. The number of allylic oxidation sites excluding steroid dienone is 9. The molecule has 0 aliphatic rings. The summed E-state index contributed by atoms with van der Waals surface area (Å²) in [5.74, 6) is 0. The van der Waals surface area contributed by atoms with Crippen LogP contribution >= 0.6 is 0 Å². The van der Waals surface area contributed by atoms with E-state index >= 15 is 0 Å². The monoisotopic (exact) mass is 246 g/mol. The SMILES string of the molecule is C=C(/C=C\C(C)=C/C)/C(C)=C/C=C(/C)CC.CC. The van der Waals surface area contributed by atoms with Gasteiger partial charge in [0.1, 0.15) is 0 Å². The molecule has 0 aromatic rings. The molecule has 0 spiro atoms. The largest absolute Gasteiger partial charge is 0.0915 e. The van der Waals surface area contributed by atoms with E-state index in [0.29, 0.717) is 0 Å². The third kappa shape index (κ3) is 9.89. The Kier molecular flexibility index (Phi) is 12.9. The Morgan fingerprint density at radius 3 is 2.00 bits per heavy atom. The van der Waals surface area contributed by atoms with Crippen molar-refractivity contribution in [1.29, 1.82) is 0 Å². The molecule has 0 radical (unpaired) electrons. The van der Waals surface area contributed by atoms with E-state index in [2.05, 4.69) is 64.7 Å². The smallest absolute Gasteiger partial charge is 0.0299 e. The quantitative estimate of drug-likeness (QED) is 0.493. The molecule has 0 heterocycles. The molecule has 102 valence electrons. The fourth-order valence-corrected chi connectivity index (χ4v) is 0.952. The van der Waals surface area contributed by atoms with Crippen LogP contribution in [0.4, 0.5) is 0 Å². The normalized spacial score (nSPS) is 13.4. The summed E-state index contributed by atoms with van der Waals surface area (Å²) < 4.78 is 0. The minimum absolute atomic E-state index is 1.07. The Morgan fingerprint density at radius 2 is 1.56 bits per heavy atom. The van der Waals surface area contributed by atoms with Crippen LogP contribution in [-0.4, -0.2) is 0 Å². The Labute approximate surface area is 115 Å². The molecule has 0 aromatic heterocycles. The molecule has 0 aliphatic carbocycles. The highest BCUT2D eigenvalue weighted by atomic mass is 14.0. The highest BCUT2D eigenvalue weighted by Crippen LogP contribution is 2.11. The van der Waals surface area contributed by atoms with Gasteiger partial charge in [-0.15, -0.1) is 0 Å². The van der Waals surface area contributed by atoms with E-state index in [4.69, 9.17) is 0 Å². The first-order valence-electron chi connectivity index (χ1n) is 6.85. The molecule has 0 rings (SSSR count). The van der Waals surface area contributed by atoms with Crippen LogP contribution in [0.5, 0.6) is 0 Å². The zero-order chi connectivity index (χ0) is 14.6. The van der Waals surface area contributed by atoms with Gasteiger partial charge in [-0.2, -0.15) is 0 Å². The van der Waals surface area contributed by atoms with Crippen molar-refractivity contribution in [3.05, 3.63) is 59.3 Å². The van der Waals surface area contributed by atoms with E-state index in [1.165, 1.54) is 16.7 Å². The van der Waals surface area contributed by atoms with E-state index < -0.39 is 0 Å². The first-order valence-corrected chi connectivity index (χ1v) is 6.85. The molecular weight excluding hydrogens is 216 g/mol. The molecule has 0 amide bonds. The van der Waals surface area contributed by atoms with Crippen molar-refractivity contribution < 1.29 is 0 Å². The predicted octanol–water partition coefficient (Wildman–Crippen LogP) is 6.39. The van der Waals surface area contributed by atoms with E-state index in [9.17, 15) is 0 Å². The Hall–Kier alpha value is -1.30.